The Morgan fingerprint density at radius 1 is 1.45 bits per heavy atom. The minimum atomic E-state index is -0.398. The third-order valence-corrected chi connectivity index (χ3v) is 4.06. The lowest BCUT2D eigenvalue weighted by molar-refractivity contribution is -0.117. The van der Waals surface area contributed by atoms with E-state index in [9.17, 15) is 14.7 Å². The maximum absolute atomic E-state index is 12.3. The fourth-order valence-corrected chi connectivity index (χ4v) is 2.45. The van der Waals surface area contributed by atoms with E-state index in [1.54, 1.807) is 23.1 Å². The molecule has 0 aliphatic carbocycles. The molecule has 5 nitrogen and oxygen atoms in total. The van der Waals surface area contributed by atoms with Gasteiger partial charge < -0.3 is 15.3 Å². The maximum Gasteiger partial charge on any atom is 0.252 e. The average Bonchev–Trinajstić information content (AvgIpc) is 2.91. The van der Waals surface area contributed by atoms with Crippen molar-refractivity contribution in [1.29, 1.82) is 0 Å². The fourth-order valence-electron chi connectivity index (χ4n) is 2.25. The molecule has 0 unspecified atom stereocenters. The van der Waals surface area contributed by atoms with E-state index < -0.39 is 5.41 Å². The van der Waals surface area contributed by atoms with Gasteiger partial charge in [0.25, 0.3) is 5.91 Å². The Kier molecular flexibility index (Phi) is 5.08. The van der Waals surface area contributed by atoms with E-state index >= 15 is 0 Å². The number of rotatable bonds is 5. The number of halogens is 1. The Labute approximate surface area is 135 Å². The first-order valence-electron chi connectivity index (χ1n) is 7.33. The average molecular weight is 325 g/mol. The molecule has 1 heterocycles. The Hall–Kier alpha value is -1.59. The highest BCUT2D eigenvalue weighted by atomic mass is 35.5. The van der Waals surface area contributed by atoms with Crippen LogP contribution < -0.4 is 10.2 Å². The maximum atomic E-state index is 12.3. The van der Waals surface area contributed by atoms with E-state index in [4.69, 9.17) is 11.6 Å². The summed E-state index contributed by atoms with van der Waals surface area (Å²) in [4.78, 5) is 25.8. The third kappa shape index (κ3) is 3.78. The van der Waals surface area contributed by atoms with Crippen LogP contribution in [0, 0.1) is 5.41 Å². The van der Waals surface area contributed by atoms with Crippen molar-refractivity contribution in [2.45, 2.75) is 26.7 Å². The van der Waals surface area contributed by atoms with Crippen LogP contribution in [0.4, 0.5) is 5.69 Å². The van der Waals surface area contributed by atoms with E-state index in [1.165, 1.54) is 0 Å². The summed E-state index contributed by atoms with van der Waals surface area (Å²) < 4.78 is 0. The molecule has 1 aliphatic heterocycles. The monoisotopic (exact) mass is 324 g/mol. The van der Waals surface area contributed by atoms with Gasteiger partial charge >= 0.3 is 0 Å². The number of hydrogen-bond acceptors (Lipinski definition) is 3. The van der Waals surface area contributed by atoms with Crippen molar-refractivity contribution < 1.29 is 14.7 Å². The van der Waals surface area contributed by atoms with Crippen LogP contribution in [0.2, 0.25) is 5.02 Å². The second kappa shape index (κ2) is 6.67. The predicted octanol–water partition coefficient (Wildman–Crippen LogP) is 2.22. The SMILES string of the molecule is CC(C)(CO)CNC(=O)c1cc(N2CCCC2=O)ccc1Cl. The molecule has 1 aromatic rings. The predicted molar refractivity (Wildman–Crippen MR) is 86.2 cm³/mol. The molecule has 1 aliphatic rings. The van der Waals surface area contributed by atoms with E-state index in [-0.39, 0.29) is 18.4 Å². The summed E-state index contributed by atoms with van der Waals surface area (Å²) in [5.41, 5.74) is 0.635. The second-order valence-electron chi connectivity index (χ2n) is 6.32. The quantitative estimate of drug-likeness (QED) is 0.872. The van der Waals surface area contributed by atoms with Crippen LogP contribution in [0.3, 0.4) is 0 Å². The van der Waals surface area contributed by atoms with E-state index in [0.29, 0.717) is 35.8 Å². The first-order chi connectivity index (χ1) is 10.3. The molecule has 1 saturated heterocycles. The van der Waals surface area contributed by atoms with Crippen LogP contribution in [0.1, 0.15) is 37.0 Å². The van der Waals surface area contributed by atoms with Gasteiger partial charge in [-0.25, -0.2) is 0 Å². The lowest BCUT2D eigenvalue weighted by atomic mass is 9.95. The molecule has 0 spiro atoms. The molecule has 0 aromatic heterocycles. The van der Waals surface area contributed by atoms with Gasteiger partial charge in [-0.2, -0.15) is 0 Å². The summed E-state index contributed by atoms with van der Waals surface area (Å²) >= 11 is 6.10. The van der Waals surface area contributed by atoms with Crippen molar-refractivity contribution >= 4 is 29.1 Å². The molecule has 1 fully saturated rings. The zero-order valence-electron chi connectivity index (χ0n) is 12.9. The molecule has 0 saturated carbocycles. The number of aliphatic hydroxyl groups excluding tert-OH is 1. The number of amides is 2. The molecule has 1 aromatic carbocycles. The molecule has 2 amide bonds. The van der Waals surface area contributed by atoms with Gasteiger partial charge in [-0.1, -0.05) is 25.4 Å². The van der Waals surface area contributed by atoms with Gasteiger partial charge in [-0.05, 0) is 24.6 Å². The van der Waals surface area contributed by atoms with Gasteiger partial charge in [0.2, 0.25) is 5.91 Å². The summed E-state index contributed by atoms with van der Waals surface area (Å²) in [5.74, 6) is -0.241. The van der Waals surface area contributed by atoms with Gasteiger partial charge in [0, 0.05) is 37.2 Å². The Bertz CT molecular complexity index is 587. The minimum Gasteiger partial charge on any atom is -0.396 e. The van der Waals surface area contributed by atoms with E-state index in [1.807, 2.05) is 13.8 Å². The largest absolute Gasteiger partial charge is 0.396 e. The van der Waals surface area contributed by atoms with E-state index in [0.717, 1.165) is 6.42 Å². The number of aliphatic hydroxyl groups is 1. The number of nitrogens with one attached hydrogen (secondary N) is 1. The number of benzene rings is 1. The molecule has 0 radical (unpaired) electrons. The lowest BCUT2D eigenvalue weighted by Gasteiger charge is -2.22. The zero-order valence-corrected chi connectivity index (χ0v) is 13.6. The van der Waals surface area contributed by atoms with Crippen molar-refractivity contribution in [2.75, 3.05) is 24.6 Å². The van der Waals surface area contributed by atoms with E-state index in [2.05, 4.69) is 5.32 Å². The fraction of sp³-hybridized carbons (Fsp3) is 0.500. The molecular weight excluding hydrogens is 304 g/mol. The first-order valence-corrected chi connectivity index (χ1v) is 7.71. The molecule has 2 rings (SSSR count). The highest BCUT2D eigenvalue weighted by Crippen LogP contribution is 2.26. The summed E-state index contributed by atoms with van der Waals surface area (Å²) in [6.45, 7) is 4.69. The molecule has 0 atom stereocenters. The standard InChI is InChI=1S/C16H21ClN2O3/c1-16(2,10-20)9-18-15(22)12-8-11(5-6-13(12)17)19-7-3-4-14(19)21/h5-6,8,20H,3-4,7,9-10H2,1-2H3,(H,18,22). The summed E-state index contributed by atoms with van der Waals surface area (Å²) in [6.07, 6.45) is 1.36. The molecule has 120 valence electrons. The topological polar surface area (TPSA) is 69.6 Å². The number of anilines is 1. The van der Waals surface area contributed by atoms with Gasteiger partial charge in [0.1, 0.15) is 0 Å². The summed E-state index contributed by atoms with van der Waals surface area (Å²) in [7, 11) is 0. The van der Waals surface area contributed by atoms with Crippen molar-refractivity contribution in [1.82, 2.24) is 5.32 Å². The smallest absolute Gasteiger partial charge is 0.252 e. The summed E-state index contributed by atoms with van der Waals surface area (Å²) in [6, 6.07) is 5.03. The highest BCUT2D eigenvalue weighted by Gasteiger charge is 2.24. The molecule has 22 heavy (non-hydrogen) atoms. The van der Waals surface area contributed by atoms with Crippen molar-refractivity contribution in [3.05, 3.63) is 28.8 Å². The highest BCUT2D eigenvalue weighted by molar-refractivity contribution is 6.34. The summed E-state index contributed by atoms with van der Waals surface area (Å²) in [5, 5.41) is 12.3. The Balaban J connectivity index is 2.16. The van der Waals surface area contributed by atoms with Crippen LogP contribution in [-0.2, 0) is 4.79 Å². The number of carbonyl (C=O) groups is 2. The lowest BCUT2D eigenvalue weighted by Crippen LogP contribution is -2.36. The van der Waals surface area contributed by atoms with Crippen LogP contribution >= 0.6 is 11.6 Å². The third-order valence-electron chi connectivity index (χ3n) is 3.74. The minimum absolute atomic E-state index is 0.0245. The number of hydrogen-bond donors (Lipinski definition) is 2. The van der Waals surface area contributed by atoms with Crippen LogP contribution in [-0.4, -0.2) is 36.6 Å². The normalized spacial score (nSPS) is 15.3. The molecule has 0 bridgehead atoms. The van der Waals surface area contributed by atoms with Gasteiger partial charge in [0.15, 0.2) is 0 Å². The second-order valence-corrected chi connectivity index (χ2v) is 6.73. The zero-order chi connectivity index (χ0) is 16.3. The van der Waals surface area contributed by atoms with Gasteiger partial charge in [-0.3, -0.25) is 9.59 Å². The van der Waals surface area contributed by atoms with Crippen molar-refractivity contribution in [2.24, 2.45) is 5.41 Å². The Morgan fingerprint density at radius 2 is 2.18 bits per heavy atom. The molecule has 2 N–H and O–H groups in total. The molecule has 6 heteroatoms. The molecular formula is C16H21ClN2O3. The van der Waals surface area contributed by atoms with Crippen LogP contribution in [0.25, 0.3) is 0 Å². The Morgan fingerprint density at radius 3 is 2.77 bits per heavy atom. The number of carbonyl (C=O) groups excluding carboxylic acids is 2. The van der Waals surface area contributed by atoms with Crippen LogP contribution in [0.15, 0.2) is 18.2 Å². The van der Waals surface area contributed by atoms with Crippen molar-refractivity contribution in [3.63, 3.8) is 0 Å². The number of nitrogens with zero attached hydrogens (tertiary/aromatic N) is 1. The van der Waals surface area contributed by atoms with Gasteiger partial charge in [-0.15, -0.1) is 0 Å². The first kappa shape index (κ1) is 16.8. The van der Waals surface area contributed by atoms with Gasteiger partial charge in [0.05, 0.1) is 10.6 Å². The van der Waals surface area contributed by atoms with Crippen molar-refractivity contribution in [3.8, 4) is 0 Å². The van der Waals surface area contributed by atoms with Crippen LogP contribution in [0.5, 0.6) is 0 Å².